The fraction of sp³-hybridized carbons (Fsp3) is 0.111. The first-order chi connectivity index (χ1) is 6.33. The highest BCUT2D eigenvalue weighted by atomic mass is 16.5. The molecule has 0 N–H and O–H groups in total. The lowest BCUT2D eigenvalue weighted by Gasteiger charge is -2.00. The molecule has 0 spiro atoms. The molecule has 4 heteroatoms. The third kappa shape index (κ3) is 1.16. The van der Waals surface area contributed by atoms with E-state index in [2.05, 4.69) is 9.84 Å². The standard InChI is InChI=1S/C9H8N2O2/c1-13-9(12)7-3-2-6-11-8(7)4-5-10-11/h2-6H,1H3. The quantitative estimate of drug-likeness (QED) is 0.611. The number of rotatable bonds is 1. The van der Waals surface area contributed by atoms with E-state index < -0.39 is 0 Å². The van der Waals surface area contributed by atoms with E-state index in [0.717, 1.165) is 5.52 Å². The zero-order valence-electron chi connectivity index (χ0n) is 7.10. The van der Waals surface area contributed by atoms with Crippen LogP contribution in [-0.2, 0) is 4.74 Å². The molecule has 0 aliphatic rings. The van der Waals surface area contributed by atoms with Crippen LogP contribution in [0.1, 0.15) is 10.4 Å². The molecule has 2 heterocycles. The summed E-state index contributed by atoms with van der Waals surface area (Å²) in [7, 11) is 1.36. The topological polar surface area (TPSA) is 43.6 Å². The second-order valence-electron chi connectivity index (χ2n) is 2.57. The summed E-state index contributed by atoms with van der Waals surface area (Å²) in [6, 6.07) is 5.24. The molecule has 0 saturated carbocycles. The van der Waals surface area contributed by atoms with Crippen molar-refractivity contribution in [2.45, 2.75) is 0 Å². The summed E-state index contributed by atoms with van der Waals surface area (Å²) >= 11 is 0. The molecule has 0 fully saturated rings. The number of methoxy groups -OCH3 is 1. The van der Waals surface area contributed by atoms with Crippen molar-refractivity contribution in [2.24, 2.45) is 0 Å². The summed E-state index contributed by atoms with van der Waals surface area (Å²) in [5.74, 6) is -0.342. The number of ether oxygens (including phenoxy) is 1. The van der Waals surface area contributed by atoms with Gasteiger partial charge in [-0.05, 0) is 18.2 Å². The SMILES string of the molecule is COC(=O)c1cccn2nccc12. The van der Waals surface area contributed by atoms with Gasteiger partial charge in [-0.15, -0.1) is 0 Å². The zero-order valence-corrected chi connectivity index (χ0v) is 7.10. The fourth-order valence-electron chi connectivity index (χ4n) is 1.24. The van der Waals surface area contributed by atoms with Gasteiger partial charge in [0, 0.05) is 6.20 Å². The predicted octanol–water partition coefficient (Wildman–Crippen LogP) is 1.12. The average molecular weight is 176 g/mol. The van der Waals surface area contributed by atoms with Gasteiger partial charge in [-0.1, -0.05) is 0 Å². The lowest BCUT2D eigenvalue weighted by atomic mass is 10.2. The second-order valence-corrected chi connectivity index (χ2v) is 2.57. The van der Waals surface area contributed by atoms with Crippen LogP contribution in [0.3, 0.4) is 0 Å². The van der Waals surface area contributed by atoms with Crippen LogP contribution in [0.15, 0.2) is 30.6 Å². The Balaban J connectivity index is 2.67. The summed E-state index contributed by atoms with van der Waals surface area (Å²) in [5.41, 5.74) is 1.29. The molecule has 0 bridgehead atoms. The van der Waals surface area contributed by atoms with Crippen molar-refractivity contribution in [3.05, 3.63) is 36.2 Å². The fourth-order valence-corrected chi connectivity index (χ4v) is 1.24. The van der Waals surface area contributed by atoms with E-state index in [1.54, 1.807) is 35.1 Å². The minimum absolute atomic E-state index is 0.342. The Bertz CT molecular complexity index is 448. The van der Waals surface area contributed by atoms with Crippen LogP contribution >= 0.6 is 0 Å². The van der Waals surface area contributed by atoms with E-state index in [4.69, 9.17) is 0 Å². The second kappa shape index (κ2) is 2.90. The maximum atomic E-state index is 11.3. The molecule has 0 aromatic carbocycles. The summed E-state index contributed by atoms with van der Waals surface area (Å²) in [6.07, 6.45) is 3.42. The molecule has 13 heavy (non-hydrogen) atoms. The summed E-state index contributed by atoms with van der Waals surface area (Å²) in [5, 5.41) is 4.00. The van der Waals surface area contributed by atoms with Gasteiger partial charge >= 0.3 is 5.97 Å². The minimum atomic E-state index is -0.342. The normalized spacial score (nSPS) is 10.2. The van der Waals surface area contributed by atoms with E-state index in [-0.39, 0.29) is 5.97 Å². The highest BCUT2D eigenvalue weighted by molar-refractivity contribution is 5.96. The average Bonchev–Trinajstić information content (AvgIpc) is 2.63. The highest BCUT2D eigenvalue weighted by Gasteiger charge is 2.09. The third-order valence-corrected chi connectivity index (χ3v) is 1.84. The number of hydrogen-bond acceptors (Lipinski definition) is 3. The van der Waals surface area contributed by atoms with E-state index in [0.29, 0.717) is 5.56 Å². The van der Waals surface area contributed by atoms with Gasteiger partial charge in [0.1, 0.15) is 0 Å². The molecular formula is C9H8N2O2. The molecule has 0 atom stereocenters. The molecule has 2 rings (SSSR count). The van der Waals surface area contributed by atoms with Crippen LogP contribution in [0.25, 0.3) is 5.52 Å². The van der Waals surface area contributed by atoms with Gasteiger partial charge < -0.3 is 4.74 Å². The maximum absolute atomic E-state index is 11.3. The molecule has 2 aromatic heterocycles. The van der Waals surface area contributed by atoms with Gasteiger partial charge in [0.2, 0.25) is 0 Å². The van der Waals surface area contributed by atoms with Crippen molar-refractivity contribution < 1.29 is 9.53 Å². The van der Waals surface area contributed by atoms with Crippen LogP contribution in [0.5, 0.6) is 0 Å². The van der Waals surface area contributed by atoms with Gasteiger partial charge in [-0.3, -0.25) is 0 Å². The Hall–Kier alpha value is -1.84. The summed E-state index contributed by atoms with van der Waals surface area (Å²) < 4.78 is 6.26. The van der Waals surface area contributed by atoms with E-state index in [1.807, 2.05) is 0 Å². The van der Waals surface area contributed by atoms with Gasteiger partial charge in [0.15, 0.2) is 0 Å². The molecule has 0 radical (unpaired) electrons. The summed E-state index contributed by atoms with van der Waals surface area (Å²) in [4.78, 5) is 11.3. The molecule has 0 aliphatic carbocycles. The van der Waals surface area contributed by atoms with Gasteiger partial charge in [0.25, 0.3) is 0 Å². The number of hydrogen-bond donors (Lipinski definition) is 0. The Morgan fingerprint density at radius 2 is 2.38 bits per heavy atom. The van der Waals surface area contributed by atoms with Crippen LogP contribution in [0, 0.1) is 0 Å². The molecule has 0 saturated heterocycles. The predicted molar refractivity (Wildman–Crippen MR) is 46.5 cm³/mol. The number of fused-ring (bicyclic) bond motifs is 1. The Morgan fingerprint density at radius 1 is 1.54 bits per heavy atom. The number of pyridine rings is 1. The van der Waals surface area contributed by atoms with Crippen molar-refractivity contribution in [3.8, 4) is 0 Å². The van der Waals surface area contributed by atoms with Crippen LogP contribution in [0.4, 0.5) is 0 Å². The Labute approximate surface area is 74.7 Å². The van der Waals surface area contributed by atoms with Gasteiger partial charge in [-0.25, -0.2) is 9.31 Å². The zero-order chi connectivity index (χ0) is 9.26. The lowest BCUT2D eigenvalue weighted by molar-refractivity contribution is 0.0602. The van der Waals surface area contributed by atoms with Crippen molar-refractivity contribution >= 4 is 11.5 Å². The first-order valence-electron chi connectivity index (χ1n) is 3.83. The smallest absolute Gasteiger partial charge is 0.340 e. The highest BCUT2D eigenvalue weighted by Crippen LogP contribution is 2.10. The molecule has 4 nitrogen and oxygen atoms in total. The van der Waals surface area contributed by atoms with E-state index >= 15 is 0 Å². The summed E-state index contributed by atoms with van der Waals surface area (Å²) in [6.45, 7) is 0. The number of carbonyl (C=O) groups is 1. The van der Waals surface area contributed by atoms with E-state index in [1.165, 1.54) is 7.11 Å². The maximum Gasteiger partial charge on any atom is 0.340 e. The Kier molecular flexibility index (Phi) is 1.73. The first-order valence-corrected chi connectivity index (χ1v) is 3.83. The van der Waals surface area contributed by atoms with Crippen molar-refractivity contribution in [2.75, 3.05) is 7.11 Å². The van der Waals surface area contributed by atoms with Crippen molar-refractivity contribution in [3.63, 3.8) is 0 Å². The number of esters is 1. The molecule has 66 valence electrons. The van der Waals surface area contributed by atoms with E-state index in [9.17, 15) is 4.79 Å². The van der Waals surface area contributed by atoms with Crippen LogP contribution in [-0.4, -0.2) is 22.7 Å². The third-order valence-electron chi connectivity index (χ3n) is 1.84. The molecule has 0 unspecified atom stereocenters. The molecular weight excluding hydrogens is 168 g/mol. The molecule has 2 aromatic rings. The number of aromatic nitrogens is 2. The first kappa shape index (κ1) is 7.79. The Morgan fingerprint density at radius 3 is 3.15 bits per heavy atom. The van der Waals surface area contributed by atoms with Crippen molar-refractivity contribution in [1.82, 2.24) is 9.61 Å². The minimum Gasteiger partial charge on any atom is -0.465 e. The van der Waals surface area contributed by atoms with Gasteiger partial charge in [-0.2, -0.15) is 5.10 Å². The molecule has 0 amide bonds. The van der Waals surface area contributed by atoms with Crippen molar-refractivity contribution in [1.29, 1.82) is 0 Å². The van der Waals surface area contributed by atoms with Gasteiger partial charge in [0.05, 0.1) is 24.4 Å². The van der Waals surface area contributed by atoms with Crippen LogP contribution < -0.4 is 0 Å². The largest absolute Gasteiger partial charge is 0.465 e. The molecule has 0 aliphatic heterocycles. The number of nitrogens with zero attached hydrogens (tertiary/aromatic N) is 2. The number of carbonyl (C=O) groups excluding carboxylic acids is 1. The van der Waals surface area contributed by atoms with Crippen LogP contribution in [0.2, 0.25) is 0 Å². The lowest BCUT2D eigenvalue weighted by Crippen LogP contribution is -2.03. The monoisotopic (exact) mass is 176 g/mol.